The standard InChI is InChI=1S/C21H24O4/c1-20(2,3)24-18-12-19(14-22)25-21(13-18,23-4)17-10-9-15-7-5-6-8-16(15)11-17/h5-12,14,18H,13H2,1-4H3/t18-,21+/m1/s1. The molecule has 0 saturated heterocycles. The molecular formula is C21H24O4. The van der Waals surface area contributed by atoms with Crippen LogP contribution in [0.15, 0.2) is 54.3 Å². The average molecular weight is 340 g/mol. The van der Waals surface area contributed by atoms with Gasteiger partial charge in [0.25, 0.3) is 0 Å². The lowest BCUT2D eigenvalue weighted by Crippen LogP contribution is -2.42. The highest BCUT2D eigenvalue weighted by Gasteiger charge is 2.42. The summed E-state index contributed by atoms with van der Waals surface area (Å²) in [6.45, 7) is 5.96. The second-order valence-corrected chi connectivity index (χ2v) is 7.28. The van der Waals surface area contributed by atoms with Crippen molar-refractivity contribution in [2.75, 3.05) is 7.11 Å². The zero-order valence-corrected chi connectivity index (χ0v) is 15.1. The number of carbonyl (C=O) groups is 1. The first-order valence-corrected chi connectivity index (χ1v) is 8.43. The van der Waals surface area contributed by atoms with Crippen LogP contribution in [0.25, 0.3) is 10.8 Å². The first kappa shape index (κ1) is 17.6. The van der Waals surface area contributed by atoms with Crippen molar-refractivity contribution in [1.82, 2.24) is 0 Å². The van der Waals surface area contributed by atoms with Crippen molar-refractivity contribution >= 4 is 17.1 Å². The molecule has 2 aromatic rings. The molecule has 0 saturated carbocycles. The predicted octanol–water partition coefficient (Wildman–Crippen LogP) is 4.33. The van der Waals surface area contributed by atoms with E-state index in [-0.39, 0.29) is 17.5 Å². The highest BCUT2D eigenvalue weighted by Crippen LogP contribution is 2.40. The van der Waals surface area contributed by atoms with E-state index in [2.05, 4.69) is 6.07 Å². The number of rotatable bonds is 4. The number of hydrogen-bond acceptors (Lipinski definition) is 4. The third kappa shape index (κ3) is 3.75. The topological polar surface area (TPSA) is 44.8 Å². The summed E-state index contributed by atoms with van der Waals surface area (Å²) in [5.74, 6) is -0.819. The van der Waals surface area contributed by atoms with Gasteiger partial charge >= 0.3 is 0 Å². The maximum atomic E-state index is 11.4. The fraction of sp³-hybridized carbons (Fsp3) is 0.381. The van der Waals surface area contributed by atoms with E-state index >= 15 is 0 Å². The molecule has 1 heterocycles. The average Bonchev–Trinajstić information content (AvgIpc) is 2.59. The van der Waals surface area contributed by atoms with E-state index in [1.165, 1.54) is 0 Å². The van der Waals surface area contributed by atoms with Crippen LogP contribution in [0.3, 0.4) is 0 Å². The molecule has 2 atom stereocenters. The molecule has 1 aliphatic heterocycles. The summed E-state index contributed by atoms with van der Waals surface area (Å²) in [6.07, 6.45) is 2.61. The molecule has 0 unspecified atom stereocenters. The Balaban J connectivity index is 2.02. The fourth-order valence-corrected chi connectivity index (χ4v) is 3.21. The minimum absolute atomic E-state index is 0.232. The molecule has 0 bridgehead atoms. The first-order chi connectivity index (χ1) is 11.8. The lowest BCUT2D eigenvalue weighted by molar-refractivity contribution is -0.239. The van der Waals surface area contributed by atoms with Crippen LogP contribution in [0.2, 0.25) is 0 Å². The minimum Gasteiger partial charge on any atom is -0.455 e. The zero-order chi connectivity index (χ0) is 18.1. The highest BCUT2D eigenvalue weighted by molar-refractivity contribution is 5.83. The summed E-state index contributed by atoms with van der Waals surface area (Å²) in [4.78, 5) is 11.4. The van der Waals surface area contributed by atoms with E-state index in [1.54, 1.807) is 13.2 Å². The molecule has 0 aliphatic carbocycles. The molecule has 0 N–H and O–H groups in total. The Hall–Kier alpha value is -2.17. The zero-order valence-electron chi connectivity index (χ0n) is 15.1. The summed E-state index contributed by atoms with van der Waals surface area (Å²) < 4.78 is 17.8. The summed E-state index contributed by atoms with van der Waals surface area (Å²) >= 11 is 0. The van der Waals surface area contributed by atoms with Gasteiger partial charge in [0.1, 0.15) is 0 Å². The van der Waals surface area contributed by atoms with E-state index in [4.69, 9.17) is 14.2 Å². The van der Waals surface area contributed by atoms with Crippen molar-refractivity contribution in [3.63, 3.8) is 0 Å². The van der Waals surface area contributed by atoms with Crippen LogP contribution in [0.5, 0.6) is 0 Å². The molecule has 132 valence electrons. The molecule has 4 heteroatoms. The van der Waals surface area contributed by atoms with E-state index in [0.29, 0.717) is 12.7 Å². The summed E-state index contributed by atoms with van der Waals surface area (Å²) in [6, 6.07) is 14.2. The van der Waals surface area contributed by atoms with Gasteiger partial charge in [0.05, 0.1) is 11.7 Å². The largest absolute Gasteiger partial charge is 0.455 e. The second-order valence-electron chi connectivity index (χ2n) is 7.28. The smallest absolute Gasteiger partial charge is 0.240 e. The lowest BCUT2D eigenvalue weighted by Gasteiger charge is -2.40. The van der Waals surface area contributed by atoms with E-state index in [9.17, 15) is 4.79 Å². The fourth-order valence-electron chi connectivity index (χ4n) is 3.21. The third-order valence-electron chi connectivity index (χ3n) is 4.24. The minimum atomic E-state index is -1.05. The Bertz CT molecular complexity index is 803. The first-order valence-electron chi connectivity index (χ1n) is 8.43. The quantitative estimate of drug-likeness (QED) is 0.777. The normalized spacial score (nSPS) is 23.8. The predicted molar refractivity (Wildman–Crippen MR) is 97.1 cm³/mol. The molecule has 0 radical (unpaired) electrons. The van der Waals surface area contributed by atoms with Gasteiger partial charge in [-0.05, 0) is 43.7 Å². The molecule has 0 spiro atoms. The Morgan fingerprint density at radius 1 is 1.16 bits per heavy atom. The molecule has 0 fully saturated rings. The number of ether oxygens (including phenoxy) is 3. The molecule has 2 aromatic carbocycles. The highest BCUT2D eigenvalue weighted by atomic mass is 16.7. The van der Waals surface area contributed by atoms with Gasteiger partial charge in [-0.15, -0.1) is 0 Å². The number of methoxy groups -OCH3 is 1. The molecule has 0 aromatic heterocycles. The SMILES string of the molecule is CO[C@@]1(c2ccc3ccccc3c2)C[C@H](OC(C)(C)C)C=C(C=O)O1. The molecular weight excluding hydrogens is 316 g/mol. The van der Waals surface area contributed by atoms with Crippen molar-refractivity contribution in [3.05, 3.63) is 59.9 Å². The second kappa shape index (κ2) is 6.62. The van der Waals surface area contributed by atoms with Gasteiger partial charge in [-0.3, -0.25) is 4.79 Å². The van der Waals surface area contributed by atoms with Crippen molar-refractivity contribution in [1.29, 1.82) is 0 Å². The van der Waals surface area contributed by atoms with Crippen LogP contribution >= 0.6 is 0 Å². The summed E-state index contributed by atoms with van der Waals surface area (Å²) in [5, 5.41) is 2.23. The van der Waals surface area contributed by atoms with Gasteiger partial charge in [0.2, 0.25) is 5.79 Å². The number of hydrogen-bond donors (Lipinski definition) is 0. The van der Waals surface area contributed by atoms with Crippen molar-refractivity contribution in [3.8, 4) is 0 Å². The third-order valence-corrected chi connectivity index (χ3v) is 4.24. The van der Waals surface area contributed by atoms with E-state index in [1.807, 2.05) is 57.2 Å². The van der Waals surface area contributed by atoms with E-state index < -0.39 is 5.79 Å². The molecule has 1 aliphatic rings. The Morgan fingerprint density at radius 2 is 1.88 bits per heavy atom. The van der Waals surface area contributed by atoms with Gasteiger partial charge in [0, 0.05) is 19.1 Å². The van der Waals surface area contributed by atoms with Crippen LogP contribution in [-0.2, 0) is 24.8 Å². The van der Waals surface area contributed by atoms with Crippen LogP contribution in [0.1, 0.15) is 32.8 Å². The molecule has 25 heavy (non-hydrogen) atoms. The molecule has 0 amide bonds. The van der Waals surface area contributed by atoms with Crippen LogP contribution in [0.4, 0.5) is 0 Å². The van der Waals surface area contributed by atoms with E-state index in [0.717, 1.165) is 16.3 Å². The van der Waals surface area contributed by atoms with Gasteiger partial charge in [0.15, 0.2) is 12.0 Å². The van der Waals surface area contributed by atoms with Gasteiger partial charge in [-0.2, -0.15) is 0 Å². The van der Waals surface area contributed by atoms with Gasteiger partial charge in [-0.1, -0.05) is 36.4 Å². The Morgan fingerprint density at radius 3 is 2.52 bits per heavy atom. The van der Waals surface area contributed by atoms with Gasteiger partial charge in [-0.25, -0.2) is 0 Å². The Labute approximate surface area is 148 Å². The van der Waals surface area contributed by atoms with Crippen LogP contribution in [-0.4, -0.2) is 25.1 Å². The number of allylic oxidation sites excluding steroid dienone is 1. The van der Waals surface area contributed by atoms with Crippen molar-refractivity contribution in [2.45, 2.75) is 44.7 Å². The summed E-state index contributed by atoms with van der Waals surface area (Å²) in [7, 11) is 1.59. The number of fused-ring (bicyclic) bond motifs is 1. The lowest BCUT2D eigenvalue weighted by atomic mass is 9.93. The van der Waals surface area contributed by atoms with Crippen LogP contribution < -0.4 is 0 Å². The van der Waals surface area contributed by atoms with Crippen LogP contribution in [0, 0.1) is 0 Å². The Kier molecular flexibility index (Phi) is 4.67. The van der Waals surface area contributed by atoms with Gasteiger partial charge < -0.3 is 14.2 Å². The number of carbonyl (C=O) groups excluding carboxylic acids is 1. The number of benzene rings is 2. The maximum Gasteiger partial charge on any atom is 0.240 e. The molecule has 4 nitrogen and oxygen atoms in total. The maximum absolute atomic E-state index is 11.4. The van der Waals surface area contributed by atoms with Crippen molar-refractivity contribution in [2.24, 2.45) is 0 Å². The van der Waals surface area contributed by atoms with Crippen molar-refractivity contribution < 1.29 is 19.0 Å². The summed E-state index contributed by atoms with van der Waals surface area (Å²) in [5.41, 5.74) is 0.527. The number of aldehydes is 1. The monoisotopic (exact) mass is 340 g/mol. The molecule has 3 rings (SSSR count).